The molecule has 2 aromatic carbocycles. The molecule has 1 fully saturated rings. The summed E-state index contributed by atoms with van der Waals surface area (Å²) in [5, 5.41) is 2.94. The second-order valence-electron chi connectivity index (χ2n) is 8.21. The number of piperidine rings is 1. The van der Waals surface area contributed by atoms with Gasteiger partial charge in [0.05, 0.1) is 16.9 Å². The van der Waals surface area contributed by atoms with Crippen molar-refractivity contribution in [2.24, 2.45) is 5.92 Å². The maximum atomic E-state index is 13.3. The van der Waals surface area contributed by atoms with E-state index in [0.29, 0.717) is 24.3 Å². The zero-order chi connectivity index (χ0) is 22.1. The van der Waals surface area contributed by atoms with Crippen LogP contribution < -0.4 is 5.32 Å². The van der Waals surface area contributed by atoms with Gasteiger partial charge in [0, 0.05) is 13.1 Å². The van der Waals surface area contributed by atoms with Gasteiger partial charge in [-0.15, -0.1) is 0 Å². The minimum atomic E-state index is -3.68. The third-order valence-electron chi connectivity index (χ3n) is 5.69. The lowest BCUT2D eigenvalue weighted by Crippen LogP contribution is -2.46. The number of nitrogens with one attached hydrogen (secondary N) is 1. The van der Waals surface area contributed by atoms with E-state index in [1.807, 2.05) is 39.8 Å². The maximum Gasteiger partial charge on any atom is 0.243 e. The van der Waals surface area contributed by atoms with Crippen molar-refractivity contribution in [3.05, 3.63) is 64.5 Å². The number of sulfonamides is 1. The minimum absolute atomic E-state index is 0.164. The van der Waals surface area contributed by atoms with E-state index < -0.39 is 15.9 Å². The first-order chi connectivity index (χ1) is 14.1. The predicted molar refractivity (Wildman–Crippen MR) is 115 cm³/mol. The normalized spacial score (nSPS) is 18.8. The van der Waals surface area contributed by atoms with Crippen molar-refractivity contribution in [1.29, 1.82) is 0 Å². The van der Waals surface area contributed by atoms with E-state index in [9.17, 15) is 17.6 Å². The standard InChI is InChI=1S/C23H29FN2O3S/c1-15-12-16(2)22(17(3)13-15)30(28,29)26-11-5-6-20(14-26)23(27)25-18(4)19-7-9-21(24)10-8-19/h7-10,12-13,18,20H,5-6,11,14H2,1-4H3,(H,25,27)/t18-,20-/m1/s1. The molecule has 2 atom stereocenters. The molecule has 1 saturated heterocycles. The lowest BCUT2D eigenvalue weighted by Gasteiger charge is -2.32. The van der Waals surface area contributed by atoms with Gasteiger partial charge in [0.1, 0.15) is 5.82 Å². The third-order valence-corrected chi connectivity index (χ3v) is 7.86. The fourth-order valence-corrected chi connectivity index (χ4v) is 6.18. The van der Waals surface area contributed by atoms with Crippen molar-refractivity contribution < 1.29 is 17.6 Å². The number of halogens is 1. The fourth-order valence-electron chi connectivity index (χ4n) is 4.24. The highest BCUT2D eigenvalue weighted by atomic mass is 32.2. The topological polar surface area (TPSA) is 66.5 Å². The molecule has 0 aromatic heterocycles. The number of rotatable bonds is 5. The molecule has 1 heterocycles. The van der Waals surface area contributed by atoms with E-state index in [2.05, 4.69) is 5.32 Å². The highest BCUT2D eigenvalue weighted by molar-refractivity contribution is 7.89. The highest BCUT2D eigenvalue weighted by Gasteiger charge is 2.35. The highest BCUT2D eigenvalue weighted by Crippen LogP contribution is 2.29. The number of carbonyl (C=O) groups excluding carboxylic acids is 1. The summed E-state index contributed by atoms with van der Waals surface area (Å²) >= 11 is 0. The average molecular weight is 433 g/mol. The van der Waals surface area contributed by atoms with Gasteiger partial charge in [-0.2, -0.15) is 4.31 Å². The molecule has 1 aliphatic rings. The molecule has 0 saturated carbocycles. The van der Waals surface area contributed by atoms with Crippen LogP contribution in [0.25, 0.3) is 0 Å². The number of nitrogens with zero attached hydrogens (tertiary/aromatic N) is 1. The first-order valence-electron chi connectivity index (χ1n) is 10.2. The quantitative estimate of drug-likeness (QED) is 0.776. The Bertz CT molecular complexity index is 1010. The first kappa shape index (κ1) is 22.4. The van der Waals surface area contributed by atoms with Gasteiger partial charge in [0.15, 0.2) is 0 Å². The van der Waals surface area contributed by atoms with Crippen LogP contribution >= 0.6 is 0 Å². The molecular formula is C23H29FN2O3S. The molecule has 30 heavy (non-hydrogen) atoms. The van der Waals surface area contributed by atoms with Crippen LogP contribution in [0.4, 0.5) is 4.39 Å². The van der Waals surface area contributed by atoms with Crippen molar-refractivity contribution in [3.8, 4) is 0 Å². The summed E-state index contributed by atoms with van der Waals surface area (Å²) in [4.78, 5) is 13.2. The maximum absolute atomic E-state index is 13.3. The fraction of sp³-hybridized carbons (Fsp3) is 0.435. The largest absolute Gasteiger partial charge is 0.349 e. The third kappa shape index (κ3) is 4.73. The van der Waals surface area contributed by atoms with Gasteiger partial charge in [0.2, 0.25) is 15.9 Å². The molecule has 0 aliphatic carbocycles. The first-order valence-corrected chi connectivity index (χ1v) is 11.7. The summed E-state index contributed by atoms with van der Waals surface area (Å²) < 4.78 is 41.3. The van der Waals surface area contributed by atoms with Crippen molar-refractivity contribution in [2.45, 2.75) is 51.5 Å². The molecule has 162 valence electrons. The molecular weight excluding hydrogens is 403 g/mol. The van der Waals surface area contributed by atoms with Gasteiger partial charge in [-0.05, 0) is 69.4 Å². The van der Waals surface area contributed by atoms with E-state index in [0.717, 1.165) is 22.3 Å². The number of amides is 1. The minimum Gasteiger partial charge on any atom is -0.349 e. The molecule has 1 N–H and O–H groups in total. The average Bonchev–Trinajstić information content (AvgIpc) is 2.67. The summed E-state index contributed by atoms with van der Waals surface area (Å²) in [7, 11) is -3.68. The predicted octanol–water partition coefficient (Wildman–Crippen LogP) is 4.03. The molecule has 3 rings (SSSR count). The van der Waals surface area contributed by atoms with Crippen molar-refractivity contribution in [1.82, 2.24) is 9.62 Å². The van der Waals surface area contributed by atoms with Gasteiger partial charge in [-0.3, -0.25) is 4.79 Å². The summed E-state index contributed by atoms with van der Waals surface area (Å²) in [6.45, 7) is 7.97. The Morgan fingerprint density at radius 2 is 1.73 bits per heavy atom. The van der Waals surface area contributed by atoms with Gasteiger partial charge in [0.25, 0.3) is 0 Å². The summed E-state index contributed by atoms with van der Waals surface area (Å²) in [6, 6.07) is 9.46. The monoisotopic (exact) mass is 432 g/mol. The summed E-state index contributed by atoms with van der Waals surface area (Å²) in [6.07, 6.45) is 1.27. The Labute approximate surface area is 178 Å². The summed E-state index contributed by atoms with van der Waals surface area (Å²) in [5.74, 6) is -0.918. The number of aryl methyl sites for hydroxylation is 3. The molecule has 7 heteroatoms. The Hall–Kier alpha value is -2.25. The van der Waals surface area contributed by atoms with Crippen molar-refractivity contribution in [2.75, 3.05) is 13.1 Å². The molecule has 0 spiro atoms. The van der Waals surface area contributed by atoms with Gasteiger partial charge < -0.3 is 5.32 Å². The van der Waals surface area contributed by atoms with Crippen LogP contribution in [0.15, 0.2) is 41.3 Å². The Kier molecular flexibility index (Phi) is 6.62. The second kappa shape index (κ2) is 8.86. The molecule has 1 aliphatic heterocycles. The number of hydrogen-bond acceptors (Lipinski definition) is 3. The second-order valence-corrected chi connectivity index (χ2v) is 10.1. The van der Waals surface area contributed by atoms with Crippen molar-refractivity contribution >= 4 is 15.9 Å². The Morgan fingerprint density at radius 3 is 2.33 bits per heavy atom. The van der Waals surface area contributed by atoms with Gasteiger partial charge in [-0.25, -0.2) is 12.8 Å². The number of carbonyl (C=O) groups is 1. The van der Waals surface area contributed by atoms with Crippen LogP contribution in [0.3, 0.4) is 0 Å². The molecule has 5 nitrogen and oxygen atoms in total. The van der Waals surface area contributed by atoms with Crippen molar-refractivity contribution in [3.63, 3.8) is 0 Å². The van der Waals surface area contributed by atoms with Crippen LogP contribution in [0.1, 0.15) is 48.1 Å². The Morgan fingerprint density at radius 1 is 1.13 bits per heavy atom. The van der Waals surface area contributed by atoms with Crippen LogP contribution in [0.5, 0.6) is 0 Å². The van der Waals surface area contributed by atoms with Crippen LogP contribution in [-0.2, 0) is 14.8 Å². The molecule has 2 aromatic rings. The SMILES string of the molecule is Cc1cc(C)c(S(=O)(=O)N2CCC[C@@H](C(=O)N[C@H](C)c3ccc(F)cc3)C2)c(C)c1. The van der Waals surface area contributed by atoms with Crippen LogP contribution in [-0.4, -0.2) is 31.7 Å². The van der Waals surface area contributed by atoms with E-state index in [1.54, 1.807) is 12.1 Å². The van der Waals surface area contributed by atoms with E-state index in [1.165, 1.54) is 16.4 Å². The van der Waals surface area contributed by atoms with Crippen LogP contribution in [0.2, 0.25) is 0 Å². The molecule has 0 unspecified atom stereocenters. The molecule has 0 radical (unpaired) electrons. The van der Waals surface area contributed by atoms with E-state index >= 15 is 0 Å². The van der Waals surface area contributed by atoms with E-state index in [-0.39, 0.29) is 24.3 Å². The van der Waals surface area contributed by atoms with Crippen LogP contribution in [0, 0.1) is 32.5 Å². The zero-order valence-electron chi connectivity index (χ0n) is 17.9. The Balaban J connectivity index is 1.74. The molecule has 0 bridgehead atoms. The van der Waals surface area contributed by atoms with Gasteiger partial charge in [-0.1, -0.05) is 29.8 Å². The van der Waals surface area contributed by atoms with E-state index in [4.69, 9.17) is 0 Å². The van der Waals surface area contributed by atoms with Gasteiger partial charge >= 0.3 is 0 Å². The number of hydrogen-bond donors (Lipinski definition) is 1. The summed E-state index contributed by atoms with van der Waals surface area (Å²) in [5.41, 5.74) is 3.28. The smallest absolute Gasteiger partial charge is 0.243 e. The lowest BCUT2D eigenvalue weighted by molar-refractivity contribution is -0.126. The number of benzene rings is 2. The molecule has 1 amide bonds. The lowest BCUT2D eigenvalue weighted by atomic mass is 9.98. The zero-order valence-corrected chi connectivity index (χ0v) is 18.7.